The maximum Gasteiger partial charge on any atom is 0.307 e. The molecule has 7 heteroatoms. The third-order valence-corrected chi connectivity index (χ3v) is 2.05. The van der Waals surface area contributed by atoms with Crippen molar-refractivity contribution in [3.8, 4) is 0 Å². The first-order valence-corrected chi connectivity index (χ1v) is 5.55. The van der Waals surface area contributed by atoms with Crippen molar-refractivity contribution in [1.82, 2.24) is 9.97 Å². The summed E-state index contributed by atoms with van der Waals surface area (Å²) in [5.41, 5.74) is 5.85. The van der Waals surface area contributed by atoms with Gasteiger partial charge in [0.15, 0.2) is 0 Å². The molecule has 0 aliphatic carbocycles. The van der Waals surface area contributed by atoms with Gasteiger partial charge in [-0.3, -0.25) is 4.79 Å². The van der Waals surface area contributed by atoms with Crippen LogP contribution in [0.1, 0.15) is 19.0 Å². The second-order valence-electron chi connectivity index (χ2n) is 3.13. The highest BCUT2D eigenvalue weighted by molar-refractivity contribution is 7.80. The number of nitrogens with one attached hydrogen (secondary N) is 1. The first-order valence-electron chi connectivity index (χ1n) is 5.14. The fraction of sp³-hybridized carbons (Fsp3) is 0.400. The monoisotopic (exact) mass is 254 g/mol. The lowest BCUT2D eigenvalue weighted by atomic mass is 10.4. The molecule has 0 radical (unpaired) electrons. The van der Waals surface area contributed by atoms with E-state index in [1.54, 1.807) is 6.92 Å². The van der Waals surface area contributed by atoms with Crippen molar-refractivity contribution < 1.29 is 9.53 Å². The zero-order valence-corrected chi connectivity index (χ0v) is 10.3. The lowest BCUT2D eigenvalue weighted by Crippen LogP contribution is -2.14. The molecule has 0 saturated heterocycles. The molecule has 0 aromatic carbocycles. The van der Waals surface area contributed by atoms with E-state index in [-0.39, 0.29) is 17.4 Å². The molecule has 1 aromatic rings. The smallest absolute Gasteiger partial charge is 0.307 e. The number of rotatable bonds is 6. The van der Waals surface area contributed by atoms with Gasteiger partial charge in [0.25, 0.3) is 0 Å². The molecule has 3 N–H and O–H groups in total. The molecule has 0 fully saturated rings. The van der Waals surface area contributed by atoms with Crippen molar-refractivity contribution in [2.75, 3.05) is 18.5 Å². The van der Waals surface area contributed by atoms with Crippen LogP contribution >= 0.6 is 12.2 Å². The van der Waals surface area contributed by atoms with Crippen LogP contribution in [0.25, 0.3) is 0 Å². The minimum Gasteiger partial charge on any atom is -0.466 e. The summed E-state index contributed by atoms with van der Waals surface area (Å²) < 4.78 is 4.78. The summed E-state index contributed by atoms with van der Waals surface area (Å²) in [4.78, 5) is 19.3. The van der Waals surface area contributed by atoms with Crippen molar-refractivity contribution in [3.63, 3.8) is 0 Å². The highest BCUT2D eigenvalue weighted by Crippen LogP contribution is 2.01. The van der Waals surface area contributed by atoms with Crippen LogP contribution in [0, 0.1) is 0 Å². The minimum atomic E-state index is -0.243. The predicted octanol–water partition coefficient (Wildman–Crippen LogP) is 0.476. The summed E-state index contributed by atoms with van der Waals surface area (Å²) in [6.07, 6.45) is 3.28. The zero-order chi connectivity index (χ0) is 12.7. The molecule has 92 valence electrons. The highest BCUT2D eigenvalue weighted by atomic mass is 32.1. The lowest BCUT2D eigenvalue weighted by Gasteiger charge is -2.05. The van der Waals surface area contributed by atoms with Gasteiger partial charge in [-0.25, -0.2) is 9.97 Å². The van der Waals surface area contributed by atoms with Gasteiger partial charge in [0.05, 0.1) is 25.4 Å². The molecule has 0 bridgehead atoms. The second-order valence-corrected chi connectivity index (χ2v) is 3.57. The van der Waals surface area contributed by atoms with Gasteiger partial charge in [-0.15, -0.1) is 0 Å². The van der Waals surface area contributed by atoms with Crippen LogP contribution in [0.5, 0.6) is 0 Å². The van der Waals surface area contributed by atoms with Gasteiger partial charge < -0.3 is 15.8 Å². The maximum atomic E-state index is 11.0. The molecule has 1 heterocycles. The molecule has 1 rings (SSSR count). The van der Waals surface area contributed by atoms with Gasteiger partial charge in [-0.2, -0.15) is 0 Å². The number of esters is 1. The first-order chi connectivity index (χ1) is 8.13. The Hall–Kier alpha value is -1.76. The fourth-order valence-corrected chi connectivity index (χ4v) is 1.18. The minimum absolute atomic E-state index is 0.204. The summed E-state index contributed by atoms with van der Waals surface area (Å²) in [5, 5.41) is 2.94. The summed E-state index contributed by atoms with van der Waals surface area (Å²) in [6, 6.07) is 0. The fourth-order valence-electron chi connectivity index (χ4n) is 1.07. The van der Waals surface area contributed by atoms with E-state index < -0.39 is 0 Å². The van der Waals surface area contributed by atoms with E-state index in [4.69, 9.17) is 22.7 Å². The van der Waals surface area contributed by atoms with Crippen LogP contribution in [0.15, 0.2) is 12.4 Å². The van der Waals surface area contributed by atoms with Crippen molar-refractivity contribution in [2.45, 2.75) is 13.3 Å². The normalized spacial score (nSPS) is 9.71. The summed E-state index contributed by atoms with van der Waals surface area (Å²) in [7, 11) is 0. The maximum absolute atomic E-state index is 11.0. The molecule has 0 aliphatic heterocycles. The van der Waals surface area contributed by atoms with Gasteiger partial charge in [-0.1, -0.05) is 12.2 Å². The van der Waals surface area contributed by atoms with E-state index in [0.29, 0.717) is 24.7 Å². The molecule has 0 saturated carbocycles. The topological polar surface area (TPSA) is 90.1 Å². The molecule has 0 spiro atoms. The van der Waals surface area contributed by atoms with E-state index >= 15 is 0 Å². The SMILES string of the molecule is CCOC(=O)CCNc1cnc(C(N)=S)cn1. The molecule has 6 nitrogen and oxygen atoms in total. The molecular formula is C10H14N4O2S. The number of hydrogen-bond acceptors (Lipinski definition) is 6. The largest absolute Gasteiger partial charge is 0.466 e. The van der Waals surface area contributed by atoms with Gasteiger partial charge in [-0.05, 0) is 6.92 Å². The van der Waals surface area contributed by atoms with Crippen LogP contribution in [0.3, 0.4) is 0 Å². The van der Waals surface area contributed by atoms with Crippen molar-refractivity contribution in [2.24, 2.45) is 5.73 Å². The molecule has 0 atom stereocenters. The Morgan fingerprint density at radius 1 is 1.53 bits per heavy atom. The van der Waals surface area contributed by atoms with E-state index in [1.807, 2.05) is 0 Å². The third-order valence-electron chi connectivity index (χ3n) is 1.84. The van der Waals surface area contributed by atoms with E-state index in [1.165, 1.54) is 12.4 Å². The summed E-state index contributed by atoms with van der Waals surface area (Å²) in [5.74, 6) is 0.321. The lowest BCUT2D eigenvalue weighted by molar-refractivity contribution is -0.142. The van der Waals surface area contributed by atoms with Crippen molar-refractivity contribution in [1.29, 1.82) is 0 Å². The molecule has 0 aliphatic rings. The number of anilines is 1. The standard InChI is InChI=1S/C10H14N4O2S/c1-2-16-9(15)3-4-12-8-6-13-7(5-14-8)10(11)17/h5-6H,2-4H2,1H3,(H2,11,17)(H,12,14). The van der Waals surface area contributed by atoms with Crippen molar-refractivity contribution in [3.05, 3.63) is 18.1 Å². The van der Waals surface area contributed by atoms with Crippen molar-refractivity contribution >= 4 is 29.0 Å². The molecule has 0 unspecified atom stereocenters. The van der Waals surface area contributed by atoms with E-state index in [9.17, 15) is 4.79 Å². The number of thiocarbonyl (C=S) groups is 1. The Labute approximate surface area is 105 Å². The van der Waals surface area contributed by atoms with Crippen LogP contribution < -0.4 is 11.1 Å². The quantitative estimate of drug-likeness (QED) is 0.563. The predicted molar refractivity (Wildman–Crippen MR) is 67.7 cm³/mol. The van der Waals surface area contributed by atoms with Gasteiger partial charge in [0, 0.05) is 6.54 Å². The number of nitrogens with two attached hydrogens (primary N) is 1. The average Bonchev–Trinajstić information content (AvgIpc) is 2.30. The summed E-state index contributed by atoms with van der Waals surface area (Å²) in [6.45, 7) is 2.60. The third kappa shape index (κ3) is 4.73. The number of carbonyl (C=O) groups excluding carboxylic acids is 1. The summed E-state index contributed by atoms with van der Waals surface area (Å²) >= 11 is 4.75. The Morgan fingerprint density at radius 2 is 2.29 bits per heavy atom. The molecule has 17 heavy (non-hydrogen) atoms. The number of aromatic nitrogens is 2. The number of carbonyl (C=O) groups is 1. The Morgan fingerprint density at radius 3 is 2.82 bits per heavy atom. The number of ether oxygens (including phenoxy) is 1. The first kappa shape index (κ1) is 13.3. The van der Waals surface area contributed by atoms with Gasteiger partial charge >= 0.3 is 5.97 Å². The molecular weight excluding hydrogens is 240 g/mol. The Balaban J connectivity index is 2.37. The van der Waals surface area contributed by atoms with E-state index in [0.717, 1.165) is 0 Å². The molecule has 0 amide bonds. The van der Waals surface area contributed by atoms with Crippen LogP contribution in [0.4, 0.5) is 5.82 Å². The van der Waals surface area contributed by atoms with Gasteiger partial charge in [0.2, 0.25) is 0 Å². The van der Waals surface area contributed by atoms with Gasteiger partial charge in [0.1, 0.15) is 16.5 Å². The Kier molecular flexibility index (Phi) is 5.28. The zero-order valence-electron chi connectivity index (χ0n) is 9.47. The second kappa shape index (κ2) is 6.74. The number of nitrogens with zero attached hydrogens (tertiary/aromatic N) is 2. The molecule has 1 aromatic heterocycles. The Bertz CT molecular complexity index is 394. The van der Waals surface area contributed by atoms with Crippen LogP contribution in [-0.2, 0) is 9.53 Å². The van der Waals surface area contributed by atoms with Crippen LogP contribution in [-0.4, -0.2) is 34.1 Å². The van der Waals surface area contributed by atoms with Crippen LogP contribution in [0.2, 0.25) is 0 Å². The highest BCUT2D eigenvalue weighted by Gasteiger charge is 2.02. The van der Waals surface area contributed by atoms with E-state index in [2.05, 4.69) is 15.3 Å². The average molecular weight is 254 g/mol. The number of hydrogen-bond donors (Lipinski definition) is 2.